The monoisotopic (exact) mass is 292 g/mol. The van der Waals surface area contributed by atoms with Crippen LogP contribution in [0.25, 0.3) is 0 Å². The quantitative estimate of drug-likeness (QED) is 0.590. The topological polar surface area (TPSA) is 119 Å². The molecule has 0 bridgehead atoms. The number of amides is 1. The zero-order chi connectivity index (χ0) is 14.5. The van der Waals surface area contributed by atoms with Crippen molar-refractivity contribution in [1.82, 2.24) is 9.62 Å². The van der Waals surface area contributed by atoms with Crippen molar-refractivity contribution in [3.8, 4) is 0 Å². The Hall–Kier alpha value is -0.700. The number of nitrogens with one attached hydrogen (secondary N) is 1. The molecular weight excluding hydrogens is 268 g/mol. The van der Waals surface area contributed by atoms with E-state index in [0.717, 1.165) is 25.8 Å². The van der Waals surface area contributed by atoms with Crippen LogP contribution in [0.4, 0.5) is 0 Å². The van der Waals surface area contributed by atoms with Crippen LogP contribution >= 0.6 is 0 Å². The van der Waals surface area contributed by atoms with Crippen LogP contribution < -0.4 is 15.6 Å². The summed E-state index contributed by atoms with van der Waals surface area (Å²) in [4.78, 5) is 13.8. The van der Waals surface area contributed by atoms with Gasteiger partial charge in [0.1, 0.15) is 0 Å². The molecule has 2 unspecified atom stereocenters. The number of hydrogen-bond acceptors (Lipinski definition) is 4. The van der Waals surface area contributed by atoms with E-state index in [1.165, 1.54) is 0 Å². The number of carbonyl (C=O) groups is 1. The molecular formula is C11H24N4O3S. The third kappa shape index (κ3) is 6.33. The van der Waals surface area contributed by atoms with Gasteiger partial charge in [-0.05, 0) is 25.2 Å². The first-order valence-corrected chi connectivity index (χ1v) is 8.17. The summed E-state index contributed by atoms with van der Waals surface area (Å²) in [5, 5.41) is 4.90. The van der Waals surface area contributed by atoms with Gasteiger partial charge < -0.3 is 10.6 Å². The summed E-state index contributed by atoms with van der Waals surface area (Å²) < 4.78 is 24.0. The Kier molecular flexibility index (Phi) is 6.18. The van der Waals surface area contributed by atoms with Gasteiger partial charge >= 0.3 is 0 Å². The molecule has 1 aliphatic heterocycles. The van der Waals surface area contributed by atoms with Gasteiger partial charge in [-0.3, -0.25) is 4.79 Å². The van der Waals surface area contributed by atoms with Crippen molar-refractivity contribution in [2.24, 2.45) is 16.8 Å². The predicted octanol–water partition coefficient (Wildman–Crippen LogP) is -0.854. The third-order valence-corrected chi connectivity index (χ3v) is 3.98. The molecule has 5 N–H and O–H groups in total. The van der Waals surface area contributed by atoms with Crippen LogP contribution in [0.2, 0.25) is 0 Å². The lowest BCUT2D eigenvalue weighted by molar-refractivity contribution is -0.133. The van der Waals surface area contributed by atoms with Crippen LogP contribution in [0.5, 0.6) is 0 Å². The van der Waals surface area contributed by atoms with E-state index in [-0.39, 0.29) is 24.4 Å². The zero-order valence-electron chi connectivity index (χ0n) is 11.3. The van der Waals surface area contributed by atoms with E-state index < -0.39 is 10.2 Å². The first-order valence-electron chi connectivity index (χ1n) is 6.62. The minimum atomic E-state index is -3.66. The number of rotatable bonds is 6. The van der Waals surface area contributed by atoms with E-state index in [2.05, 4.69) is 4.72 Å². The summed E-state index contributed by atoms with van der Waals surface area (Å²) in [6, 6.07) is -0.101. The van der Waals surface area contributed by atoms with Gasteiger partial charge in [-0.2, -0.15) is 8.42 Å². The van der Waals surface area contributed by atoms with Crippen molar-refractivity contribution >= 4 is 16.1 Å². The number of carbonyl (C=O) groups excluding carboxylic acids is 1. The summed E-state index contributed by atoms with van der Waals surface area (Å²) in [7, 11) is -3.66. The highest BCUT2D eigenvalue weighted by Crippen LogP contribution is 2.17. The summed E-state index contributed by atoms with van der Waals surface area (Å²) in [6.45, 7) is 3.52. The number of hydrogen-bond donors (Lipinski definition) is 3. The second kappa shape index (κ2) is 7.18. The normalized spacial score (nSPS) is 22.3. The highest BCUT2D eigenvalue weighted by Gasteiger charge is 2.24. The molecule has 1 rings (SSSR count). The van der Waals surface area contributed by atoms with Crippen LogP contribution in [0, 0.1) is 5.92 Å². The highest BCUT2D eigenvalue weighted by atomic mass is 32.2. The highest BCUT2D eigenvalue weighted by molar-refractivity contribution is 7.87. The molecule has 1 heterocycles. The SMILES string of the molecule is CCC(N)CC(=O)N1CCCC(CNS(N)(=O)=O)C1. The first kappa shape index (κ1) is 16.4. The molecule has 1 amide bonds. The fraction of sp³-hybridized carbons (Fsp3) is 0.909. The molecule has 2 atom stereocenters. The number of likely N-dealkylation sites (tertiary alicyclic amines) is 1. The second-order valence-corrected chi connectivity index (χ2v) is 6.49. The van der Waals surface area contributed by atoms with Gasteiger partial charge in [-0.1, -0.05) is 6.92 Å². The maximum atomic E-state index is 12.0. The predicted molar refractivity (Wildman–Crippen MR) is 73.3 cm³/mol. The molecule has 0 aromatic heterocycles. The molecule has 1 saturated heterocycles. The molecule has 7 nitrogen and oxygen atoms in total. The molecule has 1 fully saturated rings. The molecule has 0 spiro atoms. The van der Waals surface area contributed by atoms with Crippen molar-refractivity contribution in [2.75, 3.05) is 19.6 Å². The summed E-state index contributed by atoms with van der Waals surface area (Å²) in [5.41, 5.74) is 5.78. The van der Waals surface area contributed by atoms with Gasteiger partial charge in [-0.15, -0.1) is 0 Å². The van der Waals surface area contributed by atoms with E-state index in [4.69, 9.17) is 10.9 Å². The van der Waals surface area contributed by atoms with Crippen molar-refractivity contribution < 1.29 is 13.2 Å². The van der Waals surface area contributed by atoms with Gasteiger partial charge in [0.05, 0.1) is 0 Å². The standard InChI is InChI=1S/C11H24N4O3S/c1-2-10(12)6-11(16)15-5-3-4-9(8-15)7-14-19(13,17)18/h9-10,14H,2-8,12H2,1H3,(H2,13,17,18). The Balaban J connectivity index is 2.43. The second-order valence-electron chi connectivity index (χ2n) is 5.11. The van der Waals surface area contributed by atoms with Crippen LogP contribution in [0.3, 0.4) is 0 Å². The maximum Gasteiger partial charge on any atom is 0.274 e. The van der Waals surface area contributed by atoms with Gasteiger partial charge in [-0.25, -0.2) is 9.86 Å². The van der Waals surface area contributed by atoms with Gasteiger partial charge in [0, 0.05) is 32.1 Å². The van der Waals surface area contributed by atoms with Crippen molar-refractivity contribution in [2.45, 2.75) is 38.6 Å². The Bertz CT molecular complexity index is 399. The Morgan fingerprint density at radius 1 is 1.53 bits per heavy atom. The van der Waals surface area contributed by atoms with Crippen LogP contribution in [-0.2, 0) is 15.0 Å². The van der Waals surface area contributed by atoms with Crippen LogP contribution in [-0.4, -0.2) is 44.9 Å². The van der Waals surface area contributed by atoms with E-state index in [1.807, 2.05) is 6.92 Å². The fourth-order valence-corrected chi connectivity index (χ4v) is 2.66. The number of piperidine rings is 1. The lowest BCUT2D eigenvalue weighted by Crippen LogP contribution is -2.45. The van der Waals surface area contributed by atoms with Gasteiger partial charge in [0.2, 0.25) is 5.91 Å². The Morgan fingerprint density at radius 3 is 2.79 bits per heavy atom. The number of nitrogens with two attached hydrogens (primary N) is 2. The average Bonchev–Trinajstić information content (AvgIpc) is 2.35. The lowest BCUT2D eigenvalue weighted by atomic mass is 9.97. The first-order chi connectivity index (χ1) is 8.81. The maximum absolute atomic E-state index is 12.0. The van der Waals surface area contributed by atoms with Gasteiger partial charge in [0.15, 0.2) is 0 Å². The van der Waals surface area contributed by atoms with Crippen molar-refractivity contribution in [3.63, 3.8) is 0 Å². The van der Waals surface area contributed by atoms with E-state index in [1.54, 1.807) is 4.90 Å². The van der Waals surface area contributed by atoms with Crippen molar-refractivity contribution in [3.05, 3.63) is 0 Å². The molecule has 19 heavy (non-hydrogen) atoms. The molecule has 8 heteroatoms. The molecule has 1 aliphatic rings. The molecule has 0 saturated carbocycles. The molecule has 0 aliphatic carbocycles. The van der Waals surface area contributed by atoms with Crippen LogP contribution in [0.1, 0.15) is 32.6 Å². The molecule has 0 aromatic rings. The van der Waals surface area contributed by atoms with Crippen molar-refractivity contribution in [1.29, 1.82) is 0 Å². The molecule has 112 valence electrons. The Labute approximate surface area is 114 Å². The minimum absolute atomic E-state index is 0.0506. The molecule has 0 radical (unpaired) electrons. The fourth-order valence-electron chi connectivity index (χ4n) is 2.19. The summed E-state index contributed by atoms with van der Waals surface area (Å²) in [5.74, 6) is 0.170. The Morgan fingerprint density at radius 2 is 2.21 bits per heavy atom. The van der Waals surface area contributed by atoms with Gasteiger partial charge in [0.25, 0.3) is 10.2 Å². The van der Waals surface area contributed by atoms with E-state index in [0.29, 0.717) is 13.0 Å². The van der Waals surface area contributed by atoms with E-state index in [9.17, 15) is 13.2 Å². The lowest BCUT2D eigenvalue weighted by Gasteiger charge is -2.33. The van der Waals surface area contributed by atoms with Crippen LogP contribution in [0.15, 0.2) is 0 Å². The third-order valence-electron chi connectivity index (χ3n) is 3.41. The summed E-state index contributed by atoms with van der Waals surface area (Å²) in [6.07, 6.45) is 2.90. The minimum Gasteiger partial charge on any atom is -0.342 e. The van der Waals surface area contributed by atoms with E-state index >= 15 is 0 Å². The zero-order valence-corrected chi connectivity index (χ0v) is 12.2. The summed E-state index contributed by atoms with van der Waals surface area (Å²) >= 11 is 0. The largest absolute Gasteiger partial charge is 0.342 e. The smallest absolute Gasteiger partial charge is 0.274 e. The average molecular weight is 292 g/mol. The number of nitrogens with zero attached hydrogens (tertiary/aromatic N) is 1. The molecule has 0 aromatic carbocycles.